The molecule has 0 atom stereocenters. The van der Waals surface area contributed by atoms with Gasteiger partial charge in [-0.3, -0.25) is 19.1 Å². The third-order valence-corrected chi connectivity index (χ3v) is 5.10. The lowest BCUT2D eigenvalue weighted by Crippen LogP contribution is -2.31. The summed E-state index contributed by atoms with van der Waals surface area (Å²) in [5.41, 5.74) is -1.36. The average molecular weight is 342 g/mol. The molecule has 2 aromatic rings. The second-order valence-electron chi connectivity index (χ2n) is 4.83. The van der Waals surface area contributed by atoms with E-state index in [9.17, 15) is 22.8 Å². The van der Waals surface area contributed by atoms with Crippen molar-refractivity contribution in [2.45, 2.75) is 11.3 Å². The van der Waals surface area contributed by atoms with Crippen LogP contribution in [0.5, 0.6) is 0 Å². The molecule has 0 saturated carbocycles. The molecule has 2 heterocycles. The highest BCUT2D eigenvalue weighted by Gasteiger charge is 2.23. The van der Waals surface area contributed by atoms with Gasteiger partial charge in [-0.05, 0) is 6.07 Å². The van der Waals surface area contributed by atoms with Crippen LogP contribution >= 0.6 is 0 Å². The first kappa shape index (κ1) is 16.8. The minimum absolute atomic E-state index is 0.0471. The molecule has 0 aromatic carbocycles. The maximum absolute atomic E-state index is 12.4. The molecular formula is C12H14N4O6S. The monoisotopic (exact) mass is 342 g/mol. The van der Waals surface area contributed by atoms with Gasteiger partial charge < -0.3 is 5.11 Å². The number of carboxylic acid groups (broad SMARTS) is 1. The van der Waals surface area contributed by atoms with Crippen LogP contribution in [0.2, 0.25) is 0 Å². The molecule has 0 bridgehead atoms. The summed E-state index contributed by atoms with van der Waals surface area (Å²) in [4.78, 5) is 39.5. The van der Waals surface area contributed by atoms with Gasteiger partial charge in [-0.15, -0.1) is 0 Å². The second-order valence-corrected chi connectivity index (χ2v) is 6.88. The molecule has 0 fully saturated rings. The molecule has 0 spiro atoms. The lowest BCUT2D eigenvalue weighted by atomic mass is 10.3. The van der Waals surface area contributed by atoms with E-state index in [2.05, 4.69) is 9.97 Å². The summed E-state index contributed by atoms with van der Waals surface area (Å²) in [5, 5.41) is 8.57. The molecule has 0 aliphatic rings. The van der Waals surface area contributed by atoms with Crippen molar-refractivity contribution in [1.82, 2.24) is 18.8 Å². The predicted molar refractivity (Wildman–Crippen MR) is 79.7 cm³/mol. The third-order valence-electron chi connectivity index (χ3n) is 3.28. The number of fused-ring (bicyclic) bond motifs is 1. The molecule has 0 aliphatic heterocycles. The Morgan fingerprint density at radius 2 is 2.09 bits per heavy atom. The van der Waals surface area contributed by atoms with Crippen molar-refractivity contribution in [2.75, 3.05) is 13.6 Å². The average Bonchev–Trinajstić information content (AvgIpc) is 2.49. The van der Waals surface area contributed by atoms with Crippen LogP contribution in [0.1, 0.15) is 6.42 Å². The van der Waals surface area contributed by atoms with Gasteiger partial charge in [-0.2, -0.15) is 0 Å². The van der Waals surface area contributed by atoms with Crippen LogP contribution in [-0.4, -0.2) is 51.9 Å². The zero-order valence-electron chi connectivity index (χ0n) is 12.3. The number of hydrogen-bond donors (Lipinski definition) is 2. The van der Waals surface area contributed by atoms with Gasteiger partial charge in [0.25, 0.3) is 5.56 Å². The standard InChI is InChI=1S/C12H14N4O6S/c1-15(4-3-9(17)18)23(21,22)7-5-8-10(13-6-7)16(2)12(20)14-11(8)19/h5-6H,3-4H2,1-2H3,(H,17,18)(H,14,19,20). The zero-order valence-corrected chi connectivity index (χ0v) is 13.1. The first-order chi connectivity index (χ1) is 10.6. The number of hydrogen-bond acceptors (Lipinski definition) is 6. The Hall–Kier alpha value is -2.53. The van der Waals surface area contributed by atoms with E-state index in [1.54, 1.807) is 0 Å². The Balaban J connectivity index is 2.54. The SMILES string of the molecule is CN(CCC(=O)O)S(=O)(=O)c1cnc2c(c1)c(=O)[nH]c(=O)n2C. The van der Waals surface area contributed by atoms with E-state index in [4.69, 9.17) is 5.11 Å². The second kappa shape index (κ2) is 5.93. The Morgan fingerprint density at radius 3 is 2.70 bits per heavy atom. The predicted octanol–water partition coefficient (Wildman–Crippen LogP) is -1.28. The maximum atomic E-state index is 12.4. The van der Waals surface area contributed by atoms with Crippen molar-refractivity contribution in [2.24, 2.45) is 7.05 Å². The molecule has 23 heavy (non-hydrogen) atoms. The molecule has 0 saturated heterocycles. The largest absolute Gasteiger partial charge is 0.481 e. The van der Waals surface area contributed by atoms with Crippen molar-refractivity contribution in [3.05, 3.63) is 33.1 Å². The van der Waals surface area contributed by atoms with Crippen LogP contribution in [0.25, 0.3) is 11.0 Å². The molecule has 2 N–H and O–H groups in total. The fourth-order valence-corrected chi connectivity index (χ4v) is 3.06. The van der Waals surface area contributed by atoms with Crippen molar-refractivity contribution in [3.63, 3.8) is 0 Å². The Morgan fingerprint density at radius 1 is 1.43 bits per heavy atom. The van der Waals surface area contributed by atoms with Gasteiger partial charge in [0.1, 0.15) is 10.5 Å². The van der Waals surface area contributed by atoms with Gasteiger partial charge in [0.15, 0.2) is 0 Å². The van der Waals surface area contributed by atoms with Crippen LogP contribution in [-0.2, 0) is 21.9 Å². The van der Waals surface area contributed by atoms with E-state index >= 15 is 0 Å². The Bertz CT molecular complexity index is 991. The van der Waals surface area contributed by atoms with E-state index in [1.165, 1.54) is 14.1 Å². The lowest BCUT2D eigenvalue weighted by Gasteiger charge is -2.16. The molecule has 11 heteroatoms. The van der Waals surface area contributed by atoms with E-state index in [0.717, 1.165) is 21.1 Å². The molecule has 0 unspecified atom stereocenters. The van der Waals surface area contributed by atoms with Gasteiger partial charge in [-0.1, -0.05) is 0 Å². The molecule has 0 amide bonds. The Kier molecular flexibility index (Phi) is 4.34. The minimum Gasteiger partial charge on any atom is -0.481 e. The van der Waals surface area contributed by atoms with Crippen molar-refractivity contribution < 1.29 is 18.3 Å². The summed E-state index contributed by atoms with van der Waals surface area (Å²) in [7, 11) is -1.38. The van der Waals surface area contributed by atoms with Crippen molar-refractivity contribution in [1.29, 1.82) is 0 Å². The number of nitrogens with zero attached hydrogens (tertiary/aromatic N) is 3. The van der Waals surface area contributed by atoms with Gasteiger partial charge in [-0.25, -0.2) is 22.5 Å². The molecule has 0 radical (unpaired) electrons. The van der Waals surface area contributed by atoms with Crippen LogP contribution in [0.15, 0.2) is 26.7 Å². The number of aliphatic carboxylic acids is 1. The Labute approximate surface area is 130 Å². The number of sulfonamides is 1. The normalized spacial score (nSPS) is 12.0. The topological polar surface area (TPSA) is 142 Å². The van der Waals surface area contributed by atoms with Crippen molar-refractivity contribution in [3.8, 4) is 0 Å². The van der Waals surface area contributed by atoms with Gasteiger partial charge >= 0.3 is 11.7 Å². The fourth-order valence-electron chi connectivity index (χ4n) is 1.91. The summed E-state index contributed by atoms with van der Waals surface area (Å²) in [6.45, 7) is -0.223. The summed E-state index contributed by atoms with van der Waals surface area (Å²) in [5.74, 6) is -1.13. The molecule has 124 valence electrons. The smallest absolute Gasteiger partial charge is 0.329 e. The maximum Gasteiger partial charge on any atom is 0.329 e. The lowest BCUT2D eigenvalue weighted by molar-refractivity contribution is -0.137. The summed E-state index contributed by atoms with van der Waals surface area (Å²) < 4.78 is 26.7. The first-order valence-electron chi connectivity index (χ1n) is 6.42. The number of rotatable bonds is 5. The molecule has 0 aliphatic carbocycles. The van der Waals surface area contributed by atoms with E-state index in [-0.39, 0.29) is 28.9 Å². The highest BCUT2D eigenvalue weighted by atomic mass is 32.2. The molecule has 2 rings (SSSR count). The summed E-state index contributed by atoms with van der Waals surface area (Å²) in [6.07, 6.45) is 0.666. The van der Waals surface area contributed by atoms with E-state index in [1.807, 2.05) is 0 Å². The van der Waals surface area contributed by atoms with Gasteiger partial charge in [0.2, 0.25) is 10.0 Å². The fraction of sp³-hybridized carbons (Fsp3) is 0.333. The van der Waals surface area contributed by atoms with Crippen LogP contribution in [0, 0.1) is 0 Å². The quantitative estimate of drug-likeness (QED) is 0.688. The minimum atomic E-state index is -4.00. The van der Waals surface area contributed by atoms with E-state index < -0.39 is 27.2 Å². The highest BCUT2D eigenvalue weighted by Crippen LogP contribution is 2.16. The summed E-state index contributed by atoms with van der Waals surface area (Å²) >= 11 is 0. The number of pyridine rings is 1. The van der Waals surface area contributed by atoms with Crippen LogP contribution in [0.3, 0.4) is 0 Å². The third kappa shape index (κ3) is 3.14. The van der Waals surface area contributed by atoms with Crippen LogP contribution < -0.4 is 11.2 Å². The summed E-state index contributed by atoms with van der Waals surface area (Å²) in [6, 6.07) is 1.10. The number of carbonyl (C=O) groups is 1. The van der Waals surface area contributed by atoms with Crippen LogP contribution in [0.4, 0.5) is 0 Å². The van der Waals surface area contributed by atoms with Gasteiger partial charge in [0.05, 0.1) is 11.8 Å². The number of aromatic nitrogens is 3. The number of nitrogens with one attached hydrogen (secondary N) is 1. The van der Waals surface area contributed by atoms with Crippen molar-refractivity contribution >= 4 is 27.0 Å². The molecule has 10 nitrogen and oxygen atoms in total. The zero-order chi connectivity index (χ0) is 17.4. The first-order valence-corrected chi connectivity index (χ1v) is 7.86. The molecule has 2 aromatic heterocycles. The van der Waals surface area contributed by atoms with E-state index in [0.29, 0.717) is 0 Å². The number of carboxylic acids is 1. The van der Waals surface area contributed by atoms with Gasteiger partial charge in [0, 0.05) is 26.8 Å². The highest BCUT2D eigenvalue weighted by molar-refractivity contribution is 7.89. The molecular weight excluding hydrogens is 328 g/mol. The number of H-pyrrole nitrogens is 1. The number of aromatic amines is 1. The number of aryl methyl sites for hydroxylation is 1.